The number of benzene rings is 1. The first-order chi connectivity index (χ1) is 9.31. The second-order valence-corrected chi connectivity index (χ2v) is 5.58. The van der Waals surface area contributed by atoms with E-state index < -0.39 is 0 Å². The fourth-order valence-corrected chi connectivity index (χ4v) is 3.14. The van der Waals surface area contributed by atoms with Gasteiger partial charge in [0.1, 0.15) is 0 Å². The van der Waals surface area contributed by atoms with E-state index in [0.717, 1.165) is 13.2 Å². The van der Waals surface area contributed by atoms with Crippen LogP contribution in [0.15, 0.2) is 30.3 Å². The SMILES string of the molecule is CCOC(C)CNC1CCCCC1c1ccccc1. The highest BCUT2D eigenvalue weighted by molar-refractivity contribution is 5.22. The predicted octanol–water partition coefficient (Wildman–Crippen LogP) is 3.73. The summed E-state index contributed by atoms with van der Waals surface area (Å²) in [6.07, 6.45) is 5.62. The molecule has 3 atom stereocenters. The maximum atomic E-state index is 5.61. The molecule has 2 rings (SSSR count). The fraction of sp³-hybridized carbons (Fsp3) is 0.647. The molecule has 0 radical (unpaired) electrons. The standard InChI is InChI=1S/C17H27NO/c1-3-19-14(2)13-18-17-12-8-7-11-16(17)15-9-5-4-6-10-15/h4-6,9-10,14,16-18H,3,7-8,11-13H2,1-2H3. The Balaban J connectivity index is 1.93. The van der Waals surface area contributed by atoms with Crippen molar-refractivity contribution in [3.05, 3.63) is 35.9 Å². The quantitative estimate of drug-likeness (QED) is 0.842. The van der Waals surface area contributed by atoms with Crippen molar-refractivity contribution in [1.29, 1.82) is 0 Å². The topological polar surface area (TPSA) is 21.3 Å². The monoisotopic (exact) mass is 261 g/mol. The van der Waals surface area contributed by atoms with Crippen molar-refractivity contribution in [2.24, 2.45) is 0 Å². The summed E-state index contributed by atoms with van der Waals surface area (Å²) in [4.78, 5) is 0. The maximum Gasteiger partial charge on any atom is 0.0671 e. The van der Waals surface area contributed by atoms with E-state index in [1.807, 2.05) is 0 Å². The molecule has 1 fully saturated rings. The van der Waals surface area contributed by atoms with Crippen LogP contribution in [0.2, 0.25) is 0 Å². The molecule has 106 valence electrons. The molecule has 0 aromatic heterocycles. The normalized spacial score (nSPS) is 25.2. The van der Waals surface area contributed by atoms with E-state index in [1.54, 1.807) is 0 Å². The molecule has 1 aliphatic carbocycles. The Morgan fingerprint density at radius 1 is 1.21 bits per heavy atom. The summed E-state index contributed by atoms with van der Waals surface area (Å²) in [5.74, 6) is 0.670. The van der Waals surface area contributed by atoms with Crippen LogP contribution in [-0.4, -0.2) is 25.3 Å². The predicted molar refractivity (Wildman–Crippen MR) is 80.5 cm³/mol. The Morgan fingerprint density at radius 2 is 1.95 bits per heavy atom. The van der Waals surface area contributed by atoms with Gasteiger partial charge in [-0.25, -0.2) is 0 Å². The van der Waals surface area contributed by atoms with Crippen LogP contribution in [0.1, 0.15) is 51.0 Å². The highest BCUT2D eigenvalue weighted by Gasteiger charge is 2.26. The van der Waals surface area contributed by atoms with Gasteiger partial charge in [-0.1, -0.05) is 43.2 Å². The molecular weight excluding hydrogens is 234 g/mol. The Hall–Kier alpha value is -0.860. The van der Waals surface area contributed by atoms with Crippen molar-refractivity contribution in [3.63, 3.8) is 0 Å². The molecule has 0 amide bonds. The van der Waals surface area contributed by atoms with Crippen LogP contribution in [0.4, 0.5) is 0 Å². The lowest BCUT2D eigenvalue weighted by Crippen LogP contribution is -2.41. The van der Waals surface area contributed by atoms with Gasteiger partial charge >= 0.3 is 0 Å². The summed E-state index contributed by atoms with van der Waals surface area (Å²) in [5.41, 5.74) is 1.49. The van der Waals surface area contributed by atoms with E-state index in [1.165, 1.54) is 31.2 Å². The fourth-order valence-electron chi connectivity index (χ4n) is 3.14. The minimum Gasteiger partial charge on any atom is -0.377 e. The average Bonchev–Trinajstić information content (AvgIpc) is 2.47. The molecule has 2 heteroatoms. The third-order valence-corrected chi connectivity index (χ3v) is 4.11. The van der Waals surface area contributed by atoms with Crippen LogP contribution in [0, 0.1) is 0 Å². The summed E-state index contributed by atoms with van der Waals surface area (Å²) in [7, 11) is 0. The van der Waals surface area contributed by atoms with Gasteiger partial charge in [0.05, 0.1) is 6.10 Å². The van der Waals surface area contributed by atoms with Gasteiger partial charge in [-0.3, -0.25) is 0 Å². The van der Waals surface area contributed by atoms with Crippen LogP contribution in [0.5, 0.6) is 0 Å². The van der Waals surface area contributed by atoms with Crippen molar-refractivity contribution in [1.82, 2.24) is 5.32 Å². The summed E-state index contributed by atoms with van der Waals surface area (Å²) >= 11 is 0. The molecule has 0 aliphatic heterocycles. The molecule has 1 aromatic carbocycles. The highest BCUT2D eigenvalue weighted by Crippen LogP contribution is 2.32. The first kappa shape index (κ1) is 14.5. The Morgan fingerprint density at radius 3 is 2.68 bits per heavy atom. The van der Waals surface area contributed by atoms with Crippen LogP contribution in [-0.2, 0) is 4.74 Å². The summed E-state index contributed by atoms with van der Waals surface area (Å²) in [5, 5.41) is 3.73. The van der Waals surface area contributed by atoms with Crippen molar-refractivity contribution in [2.75, 3.05) is 13.2 Å². The van der Waals surface area contributed by atoms with Crippen LogP contribution < -0.4 is 5.32 Å². The highest BCUT2D eigenvalue weighted by atomic mass is 16.5. The lowest BCUT2D eigenvalue weighted by atomic mass is 9.80. The number of ether oxygens (including phenoxy) is 1. The van der Waals surface area contributed by atoms with E-state index in [9.17, 15) is 0 Å². The summed E-state index contributed by atoms with van der Waals surface area (Å²) in [6.45, 7) is 5.97. The van der Waals surface area contributed by atoms with E-state index in [-0.39, 0.29) is 0 Å². The van der Waals surface area contributed by atoms with Crippen LogP contribution in [0.3, 0.4) is 0 Å². The molecule has 1 saturated carbocycles. The van der Waals surface area contributed by atoms with Gasteiger partial charge in [-0.05, 0) is 38.2 Å². The molecule has 1 aromatic rings. The van der Waals surface area contributed by atoms with Crippen molar-refractivity contribution < 1.29 is 4.74 Å². The van der Waals surface area contributed by atoms with E-state index >= 15 is 0 Å². The maximum absolute atomic E-state index is 5.61. The largest absolute Gasteiger partial charge is 0.377 e. The molecule has 2 nitrogen and oxygen atoms in total. The molecule has 0 spiro atoms. The van der Waals surface area contributed by atoms with E-state index in [0.29, 0.717) is 18.1 Å². The Kier molecular flexibility index (Phi) is 5.87. The first-order valence-electron chi connectivity index (χ1n) is 7.71. The van der Waals surface area contributed by atoms with Crippen LogP contribution in [0.25, 0.3) is 0 Å². The number of hydrogen-bond donors (Lipinski definition) is 1. The first-order valence-corrected chi connectivity index (χ1v) is 7.71. The number of nitrogens with one attached hydrogen (secondary N) is 1. The Labute approximate surface area is 117 Å². The second-order valence-electron chi connectivity index (χ2n) is 5.58. The molecule has 1 aliphatic rings. The minimum absolute atomic E-state index is 0.309. The molecule has 0 saturated heterocycles. The van der Waals surface area contributed by atoms with E-state index in [2.05, 4.69) is 49.5 Å². The summed E-state index contributed by atoms with van der Waals surface area (Å²) < 4.78 is 5.61. The molecule has 1 N–H and O–H groups in total. The van der Waals surface area contributed by atoms with Gasteiger partial charge in [-0.2, -0.15) is 0 Å². The lowest BCUT2D eigenvalue weighted by Gasteiger charge is -2.33. The van der Waals surface area contributed by atoms with Crippen molar-refractivity contribution >= 4 is 0 Å². The molecule has 0 heterocycles. The number of hydrogen-bond acceptors (Lipinski definition) is 2. The summed E-state index contributed by atoms with van der Waals surface area (Å²) in [6, 6.07) is 11.6. The van der Waals surface area contributed by atoms with Crippen molar-refractivity contribution in [2.45, 2.75) is 57.6 Å². The second kappa shape index (κ2) is 7.66. The van der Waals surface area contributed by atoms with Gasteiger partial charge in [-0.15, -0.1) is 0 Å². The van der Waals surface area contributed by atoms with Gasteiger partial charge in [0.25, 0.3) is 0 Å². The van der Waals surface area contributed by atoms with Crippen LogP contribution >= 0.6 is 0 Å². The van der Waals surface area contributed by atoms with Gasteiger partial charge < -0.3 is 10.1 Å². The molecule has 0 bridgehead atoms. The van der Waals surface area contributed by atoms with E-state index in [4.69, 9.17) is 4.74 Å². The number of rotatable bonds is 6. The molecular formula is C17H27NO. The average molecular weight is 261 g/mol. The lowest BCUT2D eigenvalue weighted by molar-refractivity contribution is 0.0719. The smallest absolute Gasteiger partial charge is 0.0671 e. The van der Waals surface area contributed by atoms with Crippen molar-refractivity contribution in [3.8, 4) is 0 Å². The molecule has 3 unspecified atom stereocenters. The zero-order valence-electron chi connectivity index (χ0n) is 12.3. The van der Waals surface area contributed by atoms with Gasteiger partial charge in [0.2, 0.25) is 0 Å². The minimum atomic E-state index is 0.309. The Bertz CT molecular complexity index is 352. The third-order valence-electron chi connectivity index (χ3n) is 4.11. The van der Waals surface area contributed by atoms with Gasteiger partial charge in [0, 0.05) is 19.2 Å². The van der Waals surface area contributed by atoms with Gasteiger partial charge in [0.15, 0.2) is 0 Å². The zero-order valence-corrected chi connectivity index (χ0v) is 12.3. The molecule has 19 heavy (non-hydrogen) atoms. The third kappa shape index (κ3) is 4.32. The zero-order chi connectivity index (χ0) is 13.5.